The highest BCUT2D eigenvalue weighted by Crippen LogP contribution is 2.32. The van der Waals surface area contributed by atoms with Gasteiger partial charge in [0.25, 0.3) is 0 Å². The van der Waals surface area contributed by atoms with E-state index in [0.29, 0.717) is 26.4 Å². The van der Waals surface area contributed by atoms with Crippen LogP contribution >= 0.6 is 11.8 Å². The van der Waals surface area contributed by atoms with Gasteiger partial charge >= 0.3 is 0 Å². The van der Waals surface area contributed by atoms with E-state index in [-0.39, 0.29) is 23.7 Å². The van der Waals surface area contributed by atoms with Gasteiger partial charge in [-0.3, -0.25) is 0 Å². The molecule has 1 saturated heterocycles. The van der Waals surface area contributed by atoms with Crippen molar-refractivity contribution in [1.82, 2.24) is 0 Å². The predicted molar refractivity (Wildman–Crippen MR) is 108 cm³/mol. The lowest BCUT2D eigenvalue weighted by atomic mass is 9.99. The van der Waals surface area contributed by atoms with E-state index in [4.69, 9.17) is 18.9 Å². The van der Waals surface area contributed by atoms with Crippen LogP contribution in [0, 0.1) is 0 Å². The fourth-order valence-corrected chi connectivity index (χ4v) is 3.84. The molecule has 0 aromatic carbocycles. The fraction of sp³-hybridized carbons (Fsp3) is 1.00. The summed E-state index contributed by atoms with van der Waals surface area (Å²) < 4.78 is 24.1. The van der Waals surface area contributed by atoms with Crippen molar-refractivity contribution in [2.75, 3.05) is 32.2 Å². The lowest BCUT2D eigenvalue weighted by Gasteiger charge is -2.44. The predicted octanol–water partition coefficient (Wildman–Crippen LogP) is 4.01. The Morgan fingerprint density at radius 1 is 0.846 bits per heavy atom. The van der Waals surface area contributed by atoms with Gasteiger partial charge in [0, 0.05) is 19.8 Å². The fourth-order valence-electron chi connectivity index (χ4n) is 2.87. The van der Waals surface area contributed by atoms with Crippen molar-refractivity contribution in [2.24, 2.45) is 0 Å². The number of hydrogen-bond acceptors (Lipinski definition) is 6. The summed E-state index contributed by atoms with van der Waals surface area (Å²) >= 11 is 1.72. The van der Waals surface area contributed by atoms with Gasteiger partial charge in [0.1, 0.15) is 29.9 Å². The maximum Gasteiger partial charge on any atom is 0.132 e. The van der Waals surface area contributed by atoms with Crippen LogP contribution in [0.2, 0.25) is 0 Å². The summed E-state index contributed by atoms with van der Waals surface area (Å²) in [6, 6.07) is 0. The molecule has 0 aromatic rings. The standard InChI is InChI=1S/C20H40O5S/c1-5-9-12-22-15-16-17(21)18(23-13-10-6-2)19(24-14-11-7-3)20(25-16)26-8-4/h16-21H,5-15H2,1-4H3/t16?,17-,18?,19?,20+/m1/s1. The average Bonchev–Trinajstić information content (AvgIpc) is 2.64. The first-order chi connectivity index (χ1) is 12.7. The second-order valence-electron chi connectivity index (χ2n) is 6.80. The van der Waals surface area contributed by atoms with Crippen molar-refractivity contribution in [3.8, 4) is 0 Å². The molecule has 0 aromatic heterocycles. The van der Waals surface area contributed by atoms with Gasteiger partial charge in [-0.25, -0.2) is 0 Å². The van der Waals surface area contributed by atoms with E-state index >= 15 is 0 Å². The smallest absolute Gasteiger partial charge is 0.132 e. The van der Waals surface area contributed by atoms with Crippen LogP contribution in [0.5, 0.6) is 0 Å². The van der Waals surface area contributed by atoms with E-state index in [0.717, 1.165) is 44.3 Å². The molecule has 0 spiro atoms. The van der Waals surface area contributed by atoms with Gasteiger partial charge < -0.3 is 24.1 Å². The van der Waals surface area contributed by atoms with Gasteiger partial charge in [0.05, 0.1) is 6.61 Å². The van der Waals surface area contributed by atoms with Crippen LogP contribution < -0.4 is 0 Å². The molecule has 5 atom stereocenters. The zero-order valence-corrected chi connectivity index (χ0v) is 18.0. The molecule has 26 heavy (non-hydrogen) atoms. The minimum atomic E-state index is -0.728. The summed E-state index contributed by atoms with van der Waals surface area (Å²) in [6.07, 6.45) is 4.54. The average molecular weight is 393 g/mol. The molecule has 0 aliphatic carbocycles. The summed E-state index contributed by atoms with van der Waals surface area (Å²) in [5.41, 5.74) is -0.133. The van der Waals surface area contributed by atoms with Crippen molar-refractivity contribution in [2.45, 2.75) is 96.1 Å². The molecule has 0 radical (unpaired) electrons. The van der Waals surface area contributed by atoms with Crippen LogP contribution in [0.1, 0.15) is 66.2 Å². The lowest BCUT2D eigenvalue weighted by Crippen LogP contribution is -2.59. The highest BCUT2D eigenvalue weighted by molar-refractivity contribution is 7.99. The molecule has 1 N–H and O–H groups in total. The van der Waals surface area contributed by atoms with Crippen LogP contribution in [0.25, 0.3) is 0 Å². The van der Waals surface area contributed by atoms with Crippen LogP contribution in [0.4, 0.5) is 0 Å². The van der Waals surface area contributed by atoms with Crippen molar-refractivity contribution >= 4 is 11.8 Å². The molecule has 1 aliphatic rings. The number of hydrogen-bond donors (Lipinski definition) is 1. The Labute approximate surface area is 164 Å². The summed E-state index contributed by atoms with van der Waals surface area (Å²) in [7, 11) is 0. The van der Waals surface area contributed by atoms with Gasteiger partial charge in [-0.1, -0.05) is 47.0 Å². The Kier molecular flexibility index (Phi) is 14.1. The van der Waals surface area contributed by atoms with Crippen LogP contribution in [0.15, 0.2) is 0 Å². The molecular formula is C20H40O5S. The minimum absolute atomic E-state index is 0.133. The number of thioether (sulfide) groups is 1. The molecule has 1 fully saturated rings. The first-order valence-electron chi connectivity index (χ1n) is 10.5. The second kappa shape index (κ2) is 15.1. The number of unbranched alkanes of at least 4 members (excludes halogenated alkanes) is 3. The Morgan fingerprint density at radius 2 is 1.42 bits per heavy atom. The van der Waals surface area contributed by atoms with Gasteiger partial charge in [0.2, 0.25) is 0 Å². The molecule has 1 aliphatic heterocycles. The monoisotopic (exact) mass is 392 g/mol. The molecule has 6 heteroatoms. The normalized spacial score (nSPS) is 29.2. The molecule has 0 bridgehead atoms. The van der Waals surface area contributed by atoms with E-state index in [1.54, 1.807) is 11.8 Å². The van der Waals surface area contributed by atoms with Crippen molar-refractivity contribution in [3.05, 3.63) is 0 Å². The number of rotatable bonds is 15. The van der Waals surface area contributed by atoms with E-state index in [2.05, 4.69) is 27.7 Å². The van der Waals surface area contributed by atoms with Crippen molar-refractivity contribution in [3.63, 3.8) is 0 Å². The van der Waals surface area contributed by atoms with E-state index in [1.165, 1.54) is 0 Å². The first-order valence-corrected chi connectivity index (χ1v) is 11.5. The highest BCUT2D eigenvalue weighted by atomic mass is 32.2. The summed E-state index contributed by atoms with van der Waals surface area (Å²) in [6.45, 7) is 10.9. The molecule has 1 rings (SSSR count). The Balaban J connectivity index is 2.76. The summed E-state index contributed by atoms with van der Waals surface area (Å²) in [5.74, 6) is 0.930. The number of aliphatic hydroxyl groups excluding tert-OH is 1. The highest BCUT2D eigenvalue weighted by Gasteiger charge is 2.46. The van der Waals surface area contributed by atoms with Crippen molar-refractivity contribution < 1.29 is 24.1 Å². The Morgan fingerprint density at radius 3 is 2.00 bits per heavy atom. The first kappa shape index (κ1) is 24.2. The second-order valence-corrected chi connectivity index (χ2v) is 8.17. The third-order valence-electron chi connectivity index (χ3n) is 4.49. The van der Waals surface area contributed by atoms with Crippen LogP contribution in [-0.2, 0) is 18.9 Å². The summed E-state index contributed by atoms with van der Waals surface area (Å²) in [5, 5.41) is 10.9. The van der Waals surface area contributed by atoms with E-state index in [9.17, 15) is 5.11 Å². The van der Waals surface area contributed by atoms with Crippen LogP contribution in [-0.4, -0.2) is 67.1 Å². The topological polar surface area (TPSA) is 57.2 Å². The third kappa shape index (κ3) is 8.44. The molecule has 5 nitrogen and oxygen atoms in total. The maximum absolute atomic E-state index is 10.9. The van der Waals surface area contributed by atoms with Gasteiger partial charge in [-0.05, 0) is 25.0 Å². The summed E-state index contributed by atoms with van der Waals surface area (Å²) in [4.78, 5) is 0. The maximum atomic E-state index is 10.9. The van der Waals surface area contributed by atoms with Crippen molar-refractivity contribution in [1.29, 1.82) is 0 Å². The molecule has 0 saturated carbocycles. The molecule has 0 amide bonds. The van der Waals surface area contributed by atoms with Gasteiger partial charge in [-0.15, -0.1) is 11.8 Å². The molecular weight excluding hydrogens is 352 g/mol. The largest absolute Gasteiger partial charge is 0.387 e. The Hall–Kier alpha value is 0.150. The zero-order valence-electron chi connectivity index (χ0n) is 17.2. The van der Waals surface area contributed by atoms with E-state index < -0.39 is 6.10 Å². The molecule has 156 valence electrons. The van der Waals surface area contributed by atoms with Gasteiger partial charge in [-0.2, -0.15) is 0 Å². The van der Waals surface area contributed by atoms with E-state index in [1.807, 2.05) is 0 Å². The third-order valence-corrected chi connectivity index (χ3v) is 5.53. The SMILES string of the molecule is CCCCOCC1O[C@@H](SCC)C(OCCCC)C(OCCCC)[C@@H]1O. The zero-order chi connectivity index (χ0) is 19.2. The quantitative estimate of drug-likeness (QED) is 0.425. The lowest BCUT2D eigenvalue weighted by molar-refractivity contribution is -0.235. The number of aliphatic hydroxyl groups is 1. The molecule has 1 heterocycles. The van der Waals surface area contributed by atoms with Gasteiger partial charge in [0.15, 0.2) is 0 Å². The number of ether oxygens (including phenoxy) is 4. The van der Waals surface area contributed by atoms with Crippen LogP contribution in [0.3, 0.4) is 0 Å². The Bertz CT molecular complexity index is 331. The minimum Gasteiger partial charge on any atom is -0.387 e. The molecule has 3 unspecified atom stereocenters.